The summed E-state index contributed by atoms with van der Waals surface area (Å²) < 4.78 is 14.2. The predicted molar refractivity (Wildman–Crippen MR) is 79.3 cm³/mol. The van der Waals surface area contributed by atoms with Crippen LogP contribution < -0.4 is 5.32 Å². The number of rotatable bonds is 7. The van der Waals surface area contributed by atoms with E-state index < -0.39 is 0 Å². The van der Waals surface area contributed by atoms with Gasteiger partial charge >= 0.3 is 0 Å². The van der Waals surface area contributed by atoms with E-state index in [4.69, 9.17) is 0 Å². The van der Waals surface area contributed by atoms with Gasteiger partial charge in [-0.2, -0.15) is 0 Å². The zero-order chi connectivity index (χ0) is 13.5. The molecule has 0 heterocycles. The first-order chi connectivity index (χ1) is 8.52. The standard InChI is InChI=1S/C15H23BrFN/c1-4-12(10-18-9-11(2)3)7-13-8-14(17)5-6-15(13)16/h5-6,8,11-12,18H,4,7,9-10H2,1-3H3. The van der Waals surface area contributed by atoms with Crippen LogP contribution in [0.3, 0.4) is 0 Å². The van der Waals surface area contributed by atoms with Gasteiger partial charge in [0.25, 0.3) is 0 Å². The summed E-state index contributed by atoms with van der Waals surface area (Å²) in [4.78, 5) is 0. The summed E-state index contributed by atoms with van der Waals surface area (Å²) in [6.45, 7) is 8.64. The molecule has 0 amide bonds. The van der Waals surface area contributed by atoms with E-state index in [1.165, 1.54) is 6.07 Å². The van der Waals surface area contributed by atoms with Crippen molar-refractivity contribution in [3.05, 3.63) is 34.1 Å². The van der Waals surface area contributed by atoms with Crippen molar-refractivity contribution in [2.75, 3.05) is 13.1 Å². The quantitative estimate of drug-likeness (QED) is 0.786. The van der Waals surface area contributed by atoms with Crippen molar-refractivity contribution >= 4 is 15.9 Å². The number of nitrogens with one attached hydrogen (secondary N) is 1. The van der Waals surface area contributed by atoms with Gasteiger partial charge in [-0.1, -0.05) is 43.1 Å². The Morgan fingerprint density at radius 3 is 2.61 bits per heavy atom. The molecule has 1 atom stereocenters. The summed E-state index contributed by atoms with van der Waals surface area (Å²) in [6, 6.07) is 4.92. The molecule has 3 heteroatoms. The van der Waals surface area contributed by atoms with Crippen LogP contribution in [0.5, 0.6) is 0 Å². The van der Waals surface area contributed by atoms with Crippen molar-refractivity contribution in [2.45, 2.75) is 33.6 Å². The summed E-state index contributed by atoms with van der Waals surface area (Å²) in [6.07, 6.45) is 2.02. The normalized spacial score (nSPS) is 13.0. The minimum absolute atomic E-state index is 0.154. The molecule has 0 aliphatic carbocycles. The lowest BCUT2D eigenvalue weighted by molar-refractivity contribution is 0.436. The third-order valence-electron chi connectivity index (χ3n) is 3.08. The first-order valence-corrected chi connectivity index (χ1v) is 7.46. The molecular formula is C15H23BrFN. The molecule has 1 aromatic carbocycles. The molecule has 0 aliphatic heterocycles. The highest BCUT2D eigenvalue weighted by Crippen LogP contribution is 2.22. The van der Waals surface area contributed by atoms with E-state index >= 15 is 0 Å². The molecule has 1 nitrogen and oxygen atoms in total. The average Bonchev–Trinajstić information content (AvgIpc) is 2.32. The van der Waals surface area contributed by atoms with Gasteiger partial charge < -0.3 is 5.32 Å². The van der Waals surface area contributed by atoms with Crippen LogP contribution in [-0.4, -0.2) is 13.1 Å². The molecule has 1 unspecified atom stereocenters. The maximum absolute atomic E-state index is 13.2. The van der Waals surface area contributed by atoms with Gasteiger partial charge in [0.15, 0.2) is 0 Å². The molecule has 0 aromatic heterocycles. The van der Waals surface area contributed by atoms with Crippen molar-refractivity contribution in [3.8, 4) is 0 Å². The van der Waals surface area contributed by atoms with E-state index in [-0.39, 0.29) is 5.82 Å². The molecule has 0 fully saturated rings. The Hall–Kier alpha value is -0.410. The van der Waals surface area contributed by atoms with E-state index in [1.807, 2.05) is 0 Å². The largest absolute Gasteiger partial charge is 0.316 e. The summed E-state index contributed by atoms with van der Waals surface area (Å²) in [7, 11) is 0. The molecule has 0 spiro atoms. The van der Waals surface area contributed by atoms with Gasteiger partial charge in [0.1, 0.15) is 5.82 Å². The summed E-state index contributed by atoms with van der Waals surface area (Å²) in [5.74, 6) is 1.07. The van der Waals surface area contributed by atoms with Crippen molar-refractivity contribution in [2.24, 2.45) is 11.8 Å². The zero-order valence-electron chi connectivity index (χ0n) is 11.5. The highest BCUT2D eigenvalue weighted by molar-refractivity contribution is 9.10. The number of hydrogen-bond acceptors (Lipinski definition) is 1. The number of hydrogen-bond donors (Lipinski definition) is 1. The molecule has 0 saturated carbocycles. The Balaban J connectivity index is 2.54. The third-order valence-corrected chi connectivity index (χ3v) is 3.85. The van der Waals surface area contributed by atoms with Crippen LogP contribution in [0.1, 0.15) is 32.8 Å². The van der Waals surface area contributed by atoms with Crippen LogP contribution >= 0.6 is 15.9 Å². The van der Waals surface area contributed by atoms with E-state index in [9.17, 15) is 4.39 Å². The third kappa shape index (κ3) is 5.49. The molecule has 0 bridgehead atoms. The Morgan fingerprint density at radius 2 is 2.00 bits per heavy atom. The predicted octanol–water partition coefficient (Wildman–Crippen LogP) is 4.40. The SMILES string of the molecule is CCC(CNCC(C)C)Cc1cc(F)ccc1Br. The second-order valence-electron chi connectivity index (χ2n) is 5.27. The molecule has 18 heavy (non-hydrogen) atoms. The monoisotopic (exact) mass is 315 g/mol. The Morgan fingerprint density at radius 1 is 1.28 bits per heavy atom. The summed E-state index contributed by atoms with van der Waals surface area (Å²) >= 11 is 3.49. The topological polar surface area (TPSA) is 12.0 Å². The molecule has 1 rings (SSSR count). The highest BCUT2D eigenvalue weighted by atomic mass is 79.9. The minimum atomic E-state index is -0.154. The molecule has 1 N–H and O–H groups in total. The van der Waals surface area contributed by atoms with Crippen LogP contribution in [0, 0.1) is 17.7 Å². The molecule has 102 valence electrons. The van der Waals surface area contributed by atoms with Crippen LogP contribution in [0.25, 0.3) is 0 Å². The maximum atomic E-state index is 13.2. The average molecular weight is 316 g/mol. The molecule has 1 aromatic rings. The second-order valence-corrected chi connectivity index (χ2v) is 6.12. The first-order valence-electron chi connectivity index (χ1n) is 6.67. The van der Waals surface area contributed by atoms with Gasteiger partial charge in [-0.3, -0.25) is 0 Å². The minimum Gasteiger partial charge on any atom is -0.316 e. The van der Waals surface area contributed by atoms with Crippen molar-refractivity contribution in [1.82, 2.24) is 5.32 Å². The first kappa shape index (κ1) is 15.6. The fourth-order valence-corrected chi connectivity index (χ4v) is 2.36. The molecule has 0 saturated heterocycles. The fourth-order valence-electron chi connectivity index (χ4n) is 1.95. The van der Waals surface area contributed by atoms with Crippen molar-refractivity contribution in [1.29, 1.82) is 0 Å². The van der Waals surface area contributed by atoms with E-state index in [1.54, 1.807) is 12.1 Å². The zero-order valence-corrected chi connectivity index (χ0v) is 13.1. The Bertz CT molecular complexity index is 366. The Labute approximate surface area is 118 Å². The highest BCUT2D eigenvalue weighted by Gasteiger charge is 2.10. The summed E-state index contributed by atoms with van der Waals surface area (Å²) in [5.41, 5.74) is 1.06. The lowest BCUT2D eigenvalue weighted by Gasteiger charge is -2.17. The molecule has 0 radical (unpaired) electrons. The Kier molecular flexibility index (Phi) is 6.87. The van der Waals surface area contributed by atoms with E-state index in [0.29, 0.717) is 11.8 Å². The van der Waals surface area contributed by atoms with Crippen LogP contribution in [0.4, 0.5) is 4.39 Å². The van der Waals surface area contributed by atoms with Gasteiger partial charge in [0.05, 0.1) is 0 Å². The maximum Gasteiger partial charge on any atom is 0.123 e. The van der Waals surface area contributed by atoms with Crippen LogP contribution in [-0.2, 0) is 6.42 Å². The molecular weight excluding hydrogens is 293 g/mol. The van der Waals surface area contributed by atoms with Crippen LogP contribution in [0.2, 0.25) is 0 Å². The fraction of sp³-hybridized carbons (Fsp3) is 0.600. The molecule has 0 aliphatic rings. The van der Waals surface area contributed by atoms with Crippen LogP contribution in [0.15, 0.2) is 22.7 Å². The van der Waals surface area contributed by atoms with E-state index in [0.717, 1.165) is 36.0 Å². The number of benzene rings is 1. The van der Waals surface area contributed by atoms with Crippen molar-refractivity contribution in [3.63, 3.8) is 0 Å². The van der Waals surface area contributed by atoms with Crippen molar-refractivity contribution < 1.29 is 4.39 Å². The van der Waals surface area contributed by atoms with Gasteiger partial charge in [-0.05, 0) is 55.1 Å². The number of halogens is 2. The lowest BCUT2D eigenvalue weighted by Crippen LogP contribution is -2.27. The van der Waals surface area contributed by atoms with Gasteiger partial charge in [-0.25, -0.2) is 4.39 Å². The summed E-state index contributed by atoms with van der Waals surface area (Å²) in [5, 5.41) is 3.48. The van der Waals surface area contributed by atoms with Gasteiger partial charge in [0.2, 0.25) is 0 Å². The van der Waals surface area contributed by atoms with Gasteiger partial charge in [-0.15, -0.1) is 0 Å². The second kappa shape index (κ2) is 7.90. The lowest BCUT2D eigenvalue weighted by atomic mass is 9.96. The van der Waals surface area contributed by atoms with E-state index in [2.05, 4.69) is 42.0 Å². The van der Waals surface area contributed by atoms with Gasteiger partial charge in [0, 0.05) is 4.47 Å². The smallest absolute Gasteiger partial charge is 0.123 e.